The van der Waals surface area contributed by atoms with Gasteiger partial charge < -0.3 is 19.9 Å². The lowest BCUT2D eigenvalue weighted by atomic mass is 10.1. The molecule has 1 aromatic carbocycles. The van der Waals surface area contributed by atoms with Crippen LogP contribution in [-0.4, -0.2) is 37.9 Å². The van der Waals surface area contributed by atoms with Gasteiger partial charge in [0, 0.05) is 13.7 Å². The lowest BCUT2D eigenvalue weighted by Gasteiger charge is -2.08. The Morgan fingerprint density at radius 1 is 1.39 bits per heavy atom. The second-order valence-electron chi connectivity index (χ2n) is 3.88. The first-order valence-electron chi connectivity index (χ1n) is 5.80. The largest absolute Gasteiger partial charge is 0.484 e. The van der Waals surface area contributed by atoms with E-state index in [2.05, 4.69) is 5.32 Å². The molecule has 1 amide bonds. The van der Waals surface area contributed by atoms with Gasteiger partial charge in [0.25, 0.3) is 5.91 Å². The molecule has 1 aromatic rings. The smallest absolute Gasteiger partial charge is 0.258 e. The molecule has 0 bridgehead atoms. The van der Waals surface area contributed by atoms with Crippen molar-refractivity contribution in [2.45, 2.75) is 13.0 Å². The van der Waals surface area contributed by atoms with Crippen molar-refractivity contribution in [2.75, 3.05) is 26.9 Å². The fourth-order valence-electron chi connectivity index (χ4n) is 1.33. The Labute approximate surface area is 107 Å². The average Bonchev–Trinajstić information content (AvgIpc) is 2.37. The number of aliphatic hydroxyl groups excluding tert-OH is 1. The first-order valence-corrected chi connectivity index (χ1v) is 5.80. The molecule has 2 N–H and O–H groups in total. The Morgan fingerprint density at radius 2 is 2.06 bits per heavy atom. The zero-order chi connectivity index (χ0) is 13.4. The van der Waals surface area contributed by atoms with Crippen LogP contribution in [0.5, 0.6) is 5.75 Å². The Bertz CT molecular complexity index is 362. The first-order chi connectivity index (χ1) is 8.63. The van der Waals surface area contributed by atoms with E-state index < -0.39 is 6.10 Å². The van der Waals surface area contributed by atoms with Crippen molar-refractivity contribution in [1.82, 2.24) is 5.32 Å². The van der Waals surface area contributed by atoms with E-state index >= 15 is 0 Å². The molecule has 0 saturated carbocycles. The third kappa shape index (κ3) is 5.16. The van der Waals surface area contributed by atoms with E-state index in [1.807, 2.05) is 0 Å². The highest BCUT2D eigenvalue weighted by molar-refractivity contribution is 5.77. The van der Waals surface area contributed by atoms with Crippen LogP contribution in [0.3, 0.4) is 0 Å². The molecule has 1 atom stereocenters. The van der Waals surface area contributed by atoms with Gasteiger partial charge in [0.2, 0.25) is 0 Å². The number of methoxy groups -OCH3 is 1. The molecule has 0 unspecified atom stereocenters. The summed E-state index contributed by atoms with van der Waals surface area (Å²) in [6.45, 7) is 2.62. The molecule has 0 saturated heterocycles. The fraction of sp³-hybridized carbons (Fsp3) is 0.462. The molecule has 0 heterocycles. The van der Waals surface area contributed by atoms with Crippen molar-refractivity contribution in [2.24, 2.45) is 0 Å². The van der Waals surface area contributed by atoms with Gasteiger partial charge in [-0.3, -0.25) is 4.79 Å². The zero-order valence-corrected chi connectivity index (χ0v) is 10.7. The van der Waals surface area contributed by atoms with Crippen LogP contribution in [0.1, 0.15) is 18.6 Å². The minimum absolute atomic E-state index is 0.0300. The molecule has 5 heteroatoms. The second kappa shape index (κ2) is 7.68. The molecule has 0 aliphatic rings. The van der Waals surface area contributed by atoms with E-state index in [0.717, 1.165) is 5.56 Å². The monoisotopic (exact) mass is 253 g/mol. The minimum Gasteiger partial charge on any atom is -0.484 e. The summed E-state index contributed by atoms with van der Waals surface area (Å²) in [5.41, 5.74) is 0.812. The van der Waals surface area contributed by atoms with Crippen molar-refractivity contribution < 1.29 is 19.4 Å². The van der Waals surface area contributed by atoms with Crippen LogP contribution < -0.4 is 10.1 Å². The van der Waals surface area contributed by atoms with Gasteiger partial charge >= 0.3 is 0 Å². The van der Waals surface area contributed by atoms with Gasteiger partial charge in [0.1, 0.15) is 5.75 Å². The number of hydrogen-bond acceptors (Lipinski definition) is 4. The topological polar surface area (TPSA) is 67.8 Å². The lowest BCUT2D eigenvalue weighted by Crippen LogP contribution is -2.31. The number of nitrogens with one attached hydrogen (secondary N) is 1. The maximum Gasteiger partial charge on any atom is 0.258 e. The third-order valence-electron chi connectivity index (χ3n) is 2.36. The van der Waals surface area contributed by atoms with Gasteiger partial charge in [-0.1, -0.05) is 12.1 Å². The number of amides is 1. The maximum absolute atomic E-state index is 11.3. The highest BCUT2D eigenvalue weighted by atomic mass is 16.5. The molecular weight excluding hydrogens is 234 g/mol. The Morgan fingerprint density at radius 3 is 2.61 bits per heavy atom. The summed E-state index contributed by atoms with van der Waals surface area (Å²) in [5, 5.41) is 12.0. The number of rotatable bonds is 7. The number of aliphatic hydroxyl groups is 1. The summed E-state index contributed by atoms with van der Waals surface area (Å²) in [6.07, 6.45) is -0.503. The molecule has 0 aliphatic carbocycles. The van der Waals surface area contributed by atoms with E-state index in [9.17, 15) is 9.90 Å². The van der Waals surface area contributed by atoms with Gasteiger partial charge in [0.15, 0.2) is 6.61 Å². The number of carbonyl (C=O) groups excluding carboxylic acids is 1. The SMILES string of the molecule is COCCNC(=O)COc1ccc([C@@H](C)O)cc1. The van der Waals surface area contributed by atoms with Crippen LogP contribution in [0, 0.1) is 0 Å². The number of hydrogen-bond donors (Lipinski definition) is 2. The van der Waals surface area contributed by atoms with Crippen molar-refractivity contribution >= 4 is 5.91 Å². The van der Waals surface area contributed by atoms with Crippen molar-refractivity contribution in [1.29, 1.82) is 0 Å². The zero-order valence-electron chi connectivity index (χ0n) is 10.7. The molecular formula is C13H19NO4. The van der Waals surface area contributed by atoms with E-state index in [1.54, 1.807) is 38.3 Å². The number of ether oxygens (including phenoxy) is 2. The number of benzene rings is 1. The molecule has 0 aromatic heterocycles. The first kappa shape index (κ1) is 14.5. The van der Waals surface area contributed by atoms with Crippen LogP contribution in [0.2, 0.25) is 0 Å². The summed E-state index contributed by atoms with van der Waals surface area (Å²) >= 11 is 0. The fourth-order valence-corrected chi connectivity index (χ4v) is 1.33. The second-order valence-corrected chi connectivity index (χ2v) is 3.88. The molecule has 0 aliphatic heterocycles. The highest BCUT2D eigenvalue weighted by Crippen LogP contribution is 2.16. The van der Waals surface area contributed by atoms with Crippen molar-refractivity contribution in [3.05, 3.63) is 29.8 Å². The summed E-state index contributed by atoms with van der Waals surface area (Å²) in [5.74, 6) is 0.410. The molecule has 1 rings (SSSR count). The Hall–Kier alpha value is -1.59. The van der Waals surface area contributed by atoms with Crippen LogP contribution in [-0.2, 0) is 9.53 Å². The summed E-state index contributed by atoms with van der Waals surface area (Å²) in [6, 6.07) is 6.99. The van der Waals surface area contributed by atoms with E-state index in [1.165, 1.54) is 0 Å². The van der Waals surface area contributed by atoms with Crippen molar-refractivity contribution in [3.8, 4) is 5.75 Å². The third-order valence-corrected chi connectivity index (χ3v) is 2.36. The average molecular weight is 253 g/mol. The molecule has 0 fully saturated rings. The van der Waals surface area contributed by atoms with Gasteiger partial charge in [-0.05, 0) is 24.6 Å². The Kier molecular flexibility index (Phi) is 6.18. The Balaban J connectivity index is 2.32. The van der Waals surface area contributed by atoms with Gasteiger partial charge in [0.05, 0.1) is 12.7 Å². The summed E-state index contributed by atoms with van der Waals surface area (Å²) in [4.78, 5) is 11.3. The van der Waals surface area contributed by atoms with E-state index in [-0.39, 0.29) is 12.5 Å². The van der Waals surface area contributed by atoms with Gasteiger partial charge in [-0.2, -0.15) is 0 Å². The quantitative estimate of drug-likeness (QED) is 0.708. The van der Waals surface area contributed by atoms with E-state index in [4.69, 9.17) is 9.47 Å². The maximum atomic E-state index is 11.3. The van der Waals surface area contributed by atoms with Crippen LogP contribution in [0.4, 0.5) is 0 Å². The molecule has 0 radical (unpaired) electrons. The molecule has 100 valence electrons. The lowest BCUT2D eigenvalue weighted by molar-refractivity contribution is -0.123. The molecule has 18 heavy (non-hydrogen) atoms. The predicted octanol–water partition coefficient (Wildman–Crippen LogP) is 0.881. The van der Waals surface area contributed by atoms with Crippen LogP contribution >= 0.6 is 0 Å². The minimum atomic E-state index is -0.503. The van der Waals surface area contributed by atoms with Crippen molar-refractivity contribution in [3.63, 3.8) is 0 Å². The standard InChI is InChI=1S/C13H19NO4/c1-10(15)11-3-5-12(6-4-11)18-9-13(16)14-7-8-17-2/h3-6,10,15H,7-9H2,1-2H3,(H,14,16)/t10-/m1/s1. The molecule has 0 spiro atoms. The normalized spacial score (nSPS) is 11.9. The predicted molar refractivity (Wildman–Crippen MR) is 67.5 cm³/mol. The number of carbonyl (C=O) groups is 1. The summed E-state index contributed by atoms with van der Waals surface area (Å²) in [7, 11) is 1.58. The summed E-state index contributed by atoms with van der Waals surface area (Å²) < 4.78 is 10.1. The molecule has 5 nitrogen and oxygen atoms in total. The van der Waals surface area contributed by atoms with E-state index in [0.29, 0.717) is 18.9 Å². The van der Waals surface area contributed by atoms with Crippen LogP contribution in [0.25, 0.3) is 0 Å². The van der Waals surface area contributed by atoms with Gasteiger partial charge in [-0.15, -0.1) is 0 Å². The van der Waals surface area contributed by atoms with Gasteiger partial charge in [-0.25, -0.2) is 0 Å². The van der Waals surface area contributed by atoms with Crippen LogP contribution in [0.15, 0.2) is 24.3 Å². The highest BCUT2D eigenvalue weighted by Gasteiger charge is 2.03.